The summed E-state index contributed by atoms with van der Waals surface area (Å²) in [7, 11) is -1.16. The average molecular weight is 385 g/mol. The van der Waals surface area contributed by atoms with Crippen LogP contribution < -0.4 is 10.4 Å². The van der Waals surface area contributed by atoms with Gasteiger partial charge in [0.05, 0.1) is 13.5 Å². The van der Waals surface area contributed by atoms with Gasteiger partial charge in [-0.05, 0) is 28.3 Å². The second kappa shape index (κ2) is 8.85. The average Bonchev–Trinajstić information content (AvgIpc) is 2.66. The minimum atomic E-state index is -2.59. The van der Waals surface area contributed by atoms with Crippen LogP contribution in [0.15, 0.2) is 60.7 Å². The van der Waals surface area contributed by atoms with Gasteiger partial charge in [-0.15, -0.1) is 0 Å². The van der Waals surface area contributed by atoms with Crippen LogP contribution in [0.1, 0.15) is 41.0 Å². The van der Waals surface area contributed by atoms with Crippen LogP contribution in [0, 0.1) is 5.92 Å². The zero-order chi connectivity index (χ0) is 20.1. The lowest BCUT2D eigenvalue weighted by atomic mass is 10.0. The number of ether oxygens (including phenoxy) is 1. The first-order chi connectivity index (χ1) is 12.7. The summed E-state index contributed by atoms with van der Waals surface area (Å²) in [5.74, 6) is -0.125. The Morgan fingerprint density at radius 2 is 1.37 bits per heavy atom. The zero-order valence-corrected chi connectivity index (χ0v) is 18.4. The number of esters is 1. The molecule has 2 rings (SSSR count). The van der Waals surface area contributed by atoms with Crippen molar-refractivity contribution in [3.05, 3.63) is 60.7 Å². The molecule has 0 radical (unpaired) electrons. The quantitative estimate of drug-likeness (QED) is 0.531. The van der Waals surface area contributed by atoms with Crippen molar-refractivity contribution in [3.8, 4) is 0 Å². The molecule has 0 spiro atoms. The SMILES string of the molecule is COC(=O)C[C@H](C)[C@H](C)O[Si](c1ccccc1)(c1ccccc1)C(C)(C)C. The van der Waals surface area contributed by atoms with Crippen LogP contribution in [0.4, 0.5) is 0 Å². The maximum Gasteiger partial charge on any atom is 0.305 e. The van der Waals surface area contributed by atoms with Gasteiger partial charge in [-0.1, -0.05) is 88.4 Å². The van der Waals surface area contributed by atoms with Gasteiger partial charge in [0, 0.05) is 6.10 Å². The number of hydrogen-bond acceptors (Lipinski definition) is 3. The van der Waals surface area contributed by atoms with Crippen molar-refractivity contribution < 1.29 is 14.0 Å². The Morgan fingerprint density at radius 3 is 1.74 bits per heavy atom. The van der Waals surface area contributed by atoms with E-state index in [0.29, 0.717) is 6.42 Å². The molecule has 0 aromatic heterocycles. The van der Waals surface area contributed by atoms with Gasteiger partial charge in [-0.2, -0.15) is 0 Å². The third-order valence-electron chi connectivity index (χ3n) is 5.30. The highest BCUT2D eigenvalue weighted by molar-refractivity contribution is 6.99. The van der Waals surface area contributed by atoms with Crippen molar-refractivity contribution >= 4 is 24.7 Å². The third-order valence-corrected chi connectivity index (χ3v) is 10.4. The van der Waals surface area contributed by atoms with Gasteiger partial charge >= 0.3 is 5.97 Å². The Kier molecular flexibility index (Phi) is 7.01. The molecule has 146 valence electrons. The number of rotatable bonds is 7. The summed E-state index contributed by atoms with van der Waals surface area (Å²) in [6, 6.07) is 21.1. The number of hydrogen-bond donors (Lipinski definition) is 0. The minimum Gasteiger partial charge on any atom is -0.469 e. The van der Waals surface area contributed by atoms with Crippen molar-refractivity contribution in [1.29, 1.82) is 0 Å². The highest BCUT2D eigenvalue weighted by Crippen LogP contribution is 2.38. The zero-order valence-electron chi connectivity index (χ0n) is 17.4. The van der Waals surface area contributed by atoms with Gasteiger partial charge in [0.2, 0.25) is 0 Å². The largest absolute Gasteiger partial charge is 0.469 e. The van der Waals surface area contributed by atoms with Crippen LogP contribution in [0.3, 0.4) is 0 Å². The molecule has 0 N–H and O–H groups in total. The number of methoxy groups -OCH3 is 1. The third kappa shape index (κ3) is 4.68. The monoisotopic (exact) mass is 384 g/mol. The van der Waals surface area contributed by atoms with Crippen LogP contribution in [0.25, 0.3) is 0 Å². The fourth-order valence-corrected chi connectivity index (χ4v) is 8.40. The van der Waals surface area contributed by atoms with E-state index in [1.54, 1.807) is 0 Å². The van der Waals surface area contributed by atoms with Gasteiger partial charge in [-0.25, -0.2) is 0 Å². The summed E-state index contributed by atoms with van der Waals surface area (Å²) in [5.41, 5.74) is 0. The second-order valence-electron chi connectivity index (χ2n) is 8.24. The molecule has 2 atom stereocenters. The molecule has 0 saturated carbocycles. The van der Waals surface area contributed by atoms with E-state index in [1.807, 2.05) is 12.1 Å². The van der Waals surface area contributed by atoms with E-state index in [9.17, 15) is 4.79 Å². The summed E-state index contributed by atoms with van der Waals surface area (Å²) >= 11 is 0. The lowest BCUT2D eigenvalue weighted by molar-refractivity contribution is -0.142. The maximum absolute atomic E-state index is 11.8. The van der Waals surface area contributed by atoms with Gasteiger partial charge in [0.25, 0.3) is 8.32 Å². The molecular weight excluding hydrogens is 352 g/mol. The molecule has 27 heavy (non-hydrogen) atoms. The van der Waals surface area contributed by atoms with Crippen molar-refractivity contribution in [2.45, 2.75) is 52.2 Å². The predicted molar refractivity (Wildman–Crippen MR) is 114 cm³/mol. The van der Waals surface area contributed by atoms with Crippen molar-refractivity contribution in [3.63, 3.8) is 0 Å². The smallest absolute Gasteiger partial charge is 0.305 e. The van der Waals surface area contributed by atoms with Crippen LogP contribution in [-0.4, -0.2) is 27.5 Å². The lowest BCUT2D eigenvalue weighted by Crippen LogP contribution is -2.67. The number of carbonyl (C=O) groups excluding carboxylic acids is 1. The van der Waals surface area contributed by atoms with Crippen molar-refractivity contribution in [2.75, 3.05) is 7.11 Å². The minimum absolute atomic E-state index is 0.0686. The fraction of sp³-hybridized carbons (Fsp3) is 0.435. The Morgan fingerprint density at radius 1 is 0.926 bits per heavy atom. The van der Waals surface area contributed by atoms with E-state index in [0.717, 1.165) is 0 Å². The second-order valence-corrected chi connectivity index (χ2v) is 12.5. The van der Waals surface area contributed by atoms with E-state index in [1.165, 1.54) is 17.5 Å². The van der Waals surface area contributed by atoms with Gasteiger partial charge in [0.1, 0.15) is 0 Å². The van der Waals surface area contributed by atoms with Crippen LogP contribution in [0.2, 0.25) is 5.04 Å². The van der Waals surface area contributed by atoms with Crippen molar-refractivity contribution in [2.24, 2.45) is 5.92 Å². The van der Waals surface area contributed by atoms with E-state index < -0.39 is 8.32 Å². The highest BCUT2D eigenvalue weighted by Gasteiger charge is 2.51. The summed E-state index contributed by atoms with van der Waals surface area (Å²) in [6.07, 6.45) is 0.283. The Balaban J connectivity index is 2.54. The summed E-state index contributed by atoms with van der Waals surface area (Å²) in [6.45, 7) is 10.9. The summed E-state index contributed by atoms with van der Waals surface area (Å²) in [5, 5.41) is 2.43. The molecule has 0 amide bonds. The first-order valence-electron chi connectivity index (χ1n) is 9.58. The molecule has 0 fully saturated rings. The topological polar surface area (TPSA) is 35.5 Å². The van der Waals surface area contributed by atoms with Crippen LogP contribution in [-0.2, 0) is 14.0 Å². The molecule has 0 aliphatic carbocycles. The highest BCUT2D eigenvalue weighted by atomic mass is 28.4. The molecule has 0 heterocycles. The van der Waals surface area contributed by atoms with Gasteiger partial charge in [-0.3, -0.25) is 4.79 Å². The molecule has 0 aliphatic heterocycles. The fourth-order valence-electron chi connectivity index (χ4n) is 3.60. The molecule has 3 nitrogen and oxygen atoms in total. The standard InChI is InChI=1S/C23H32O3Si/c1-18(17-22(24)25-6)19(2)26-27(23(3,4)5,20-13-9-7-10-14-20)21-15-11-8-12-16-21/h7-16,18-19H,17H2,1-6H3/t18-,19-/m0/s1. The molecule has 2 aromatic carbocycles. The Labute approximate surface area is 164 Å². The van der Waals surface area contributed by atoms with E-state index >= 15 is 0 Å². The van der Waals surface area contributed by atoms with Crippen LogP contribution >= 0.6 is 0 Å². The maximum atomic E-state index is 11.8. The molecular formula is C23H32O3Si. The summed E-state index contributed by atoms with van der Waals surface area (Å²) in [4.78, 5) is 11.8. The summed E-state index contributed by atoms with van der Waals surface area (Å²) < 4.78 is 11.9. The molecule has 4 heteroatoms. The molecule has 0 saturated heterocycles. The first-order valence-corrected chi connectivity index (χ1v) is 11.5. The molecule has 2 aromatic rings. The van der Waals surface area contributed by atoms with Crippen LogP contribution in [0.5, 0.6) is 0 Å². The molecule has 0 bridgehead atoms. The van der Waals surface area contributed by atoms with Gasteiger partial charge < -0.3 is 9.16 Å². The Bertz CT molecular complexity index is 683. The van der Waals surface area contributed by atoms with E-state index in [2.05, 4.69) is 83.1 Å². The van der Waals surface area contributed by atoms with E-state index in [-0.39, 0.29) is 23.0 Å². The number of benzene rings is 2. The first kappa shape index (κ1) is 21.4. The predicted octanol–water partition coefficient (Wildman–Crippen LogP) is 4.15. The van der Waals surface area contributed by atoms with E-state index in [4.69, 9.17) is 9.16 Å². The lowest BCUT2D eigenvalue weighted by Gasteiger charge is -2.45. The van der Waals surface area contributed by atoms with Gasteiger partial charge in [0.15, 0.2) is 0 Å². The van der Waals surface area contributed by atoms with Crippen molar-refractivity contribution in [1.82, 2.24) is 0 Å². The normalized spacial score (nSPS) is 14.4. The number of carbonyl (C=O) groups is 1. The molecule has 0 aliphatic rings. The Hall–Kier alpha value is -1.91. The molecule has 0 unspecified atom stereocenters.